The van der Waals surface area contributed by atoms with E-state index in [4.69, 9.17) is 15.2 Å². The zero-order chi connectivity index (χ0) is 10.3. The molecule has 0 aromatic heterocycles. The van der Waals surface area contributed by atoms with Crippen molar-refractivity contribution in [1.82, 2.24) is 0 Å². The number of rotatable bonds is 1. The molecule has 2 rings (SSSR count). The van der Waals surface area contributed by atoms with Crippen molar-refractivity contribution >= 4 is 0 Å². The largest absolute Gasteiger partial charge is 0.454 e. The van der Waals surface area contributed by atoms with Gasteiger partial charge in [-0.15, -0.1) is 0 Å². The van der Waals surface area contributed by atoms with Gasteiger partial charge < -0.3 is 15.2 Å². The first-order valence-corrected chi connectivity index (χ1v) is 4.68. The van der Waals surface area contributed by atoms with Crippen LogP contribution in [0.4, 0.5) is 0 Å². The highest BCUT2D eigenvalue weighted by Crippen LogP contribution is 2.41. The summed E-state index contributed by atoms with van der Waals surface area (Å²) < 4.78 is 10.7. The van der Waals surface area contributed by atoms with Gasteiger partial charge in [-0.25, -0.2) is 0 Å². The molecule has 0 saturated heterocycles. The monoisotopic (exact) mass is 193 g/mol. The fourth-order valence-electron chi connectivity index (χ4n) is 1.87. The van der Waals surface area contributed by atoms with Crippen LogP contribution in [0.25, 0.3) is 0 Å². The van der Waals surface area contributed by atoms with Crippen molar-refractivity contribution in [1.29, 1.82) is 0 Å². The number of benzene rings is 1. The summed E-state index contributed by atoms with van der Waals surface area (Å²) in [6, 6.07) is 3.93. The topological polar surface area (TPSA) is 44.5 Å². The second kappa shape index (κ2) is 2.89. The molecule has 0 unspecified atom stereocenters. The molecule has 3 nitrogen and oxygen atoms in total. The Labute approximate surface area is 83.8 Å². The van der Waals surface area contributed by atoms with Gasteiger partial charge in [-0.1, -0.05) is 6.07 Å². The minimum Gasteiger partial charge on any atom is -0.454 e. The lowest BCUT2D eigenvalue weighted by molar-refractivity contribution is 0.172. The second-order valence-corrected chi connectivity index (χ2v) is 4.21. The predicted molar refractivity (Wildman–Crippen MR) is 54.5 cm³/mol. The summed E-state index contributed by atoms with van der Waals surface area (Å²) in [5.74, 6) is 1.60. The summed E-state index contributed by atoms with van der Waals surface area (Å²) in [7, 11) is 0. The molecule has 1 aromatic rings. The Morgan fingerprint density at radius 1 is 1.29 bits per heavy atom. The van der Waals surface area contributed by atoms with Gasteiger partial charge in [-0.05, 0) is 32.4 Å². The number of aryl methyl sites for hydroxylation is 1. The van der Waals surface area contributed by atoms with Crippen molar-refractivity contribution in [3.8, 4) is 11.5 Å². The van der Waals surface area contributed by atoms with Gasteiger partial charge in [0, 0.05) is 11.1 Å². The third kappa shape index (κ3) is 1.34. The molecule has 0 spiro atoms. The SMILES string of the molecule is Cc1ccc2c(c1C(C)(C)N)OCO2. The van der Waals surface area contributed by atoms with E-state index in [0.29, 0.717) is 6.79 Å². The van der Waals surface area contributed by atoms with Crippen LogP contribution < -0.4 is 15.2 Å². The molecule has 76 valence electrons. The quantitative estimate of drug-likeness (QED) is 0.741. The molecule has 0 bridgehead atoms. The molecular formula is C11H15NO2. The molecule has 14 heavy (non-hydrogen) atoms. The number of nitrogens with two attached hydrogens (primary N) is 1. The Morgan fingerprint density at radius 2 is 2.00 bits per heavy atom. The van der Waals surface area contributed by atoms with Gasteiger partial charge in [0.1, 0.15) is 0 Å². The Hall–Kier alpha value is -1.22. The van der Waals surface area contributed by atoms with Crippen LogP contribution in [-0.4, -0.2) is 6.79 Å². The summed E-state index contributed by atoms with van der Waals surface area (Å²) >= 11 is 0. The average molecular weight is 193 g/mol. The highest BCUT2D eigenvalue weighted by Gasteiger charge is 2.27. The fraction of sp³-hybridized carbons (Fsp3) is 0.455. The summed E-state index contributed by atoms with van der Waals surface area (Å²) in [5, 5.41) is 0. The van der Waals surface area contributed by atoms with Gasteiger partial charge in [0.15, 0.2) is 11.5 Å². The summed E-state index contributed by atoms with van der Waals surface area (Å²) in [5.41, 5.74) is 7.87. The van der Waals surface area contributed by atoms with Crippen LogP contribution in [0.15, 0.2) is 12.1 Å². The molecule has 2 N–H and O–H groups in total. The minimum absolute atomic E-state index is 0.294. The molecule has 1 aromatic carbocycles. The van der Waals surface area contributed by atoms with E-state index < -0.39 is 5.54 Å². The lowest BCUT2D eigenvalue weighted by atomic mass is 9.90. The van der Waals surface area contributed by atoms with Crippen molar-refractivity contribution < 1.29 is 9.47 Å². The molecule has 1 heterocycles. The van der Waals surface area contributed by atoms with E-state index >= 15 is 0 Å². The Bertz CT molecular complexity index is 366. The van der Waals surface area contributed by atoms with Gasteiger partial charge in [0.25, 0.3) is 0 Å². The fourth-order valence-corrected chi connectivity index (χ4v) is 1.87. The minimum atomic E-state index is -0.400. The number of fused-ring (bicyclic) bond motifs is 1. The van der Waals surface area contributed by atoms with Gasteiger partial charge in [0.05, 0.1) is 0 Å². The van der Waals surface area contributed by atoms with Crippen LogP contribution in [-0.2, 0) is 5.54 Å². The molecule has 1 aliphatic heterocycles. The maximum Gasteiger partial charge on any atom is 0.231 e. The van der Waals surface area contributed by atoms with Crippen LogP contribution in [0.5, 0.6) is 11.5 Å². The Kier molecular flexibility index (Phi) is 1.93. The van der Waals surface area contributed by atoms with E-state index in [2.05, 4.69) is 0 Å². The molecule has 0 aliphatic carbocycles. The zero-order valence-corrected chi connectivity index (χ0v) is 8.76. The van der Waals surface area contributed by atoms with Crippen LogP contribution in [0, 0.1) is 6.92 Å². The standard InChI is InChI=1S/C11H15NO2/c1-7-4-5-8-10(14-6-13-8)9(7)11(2,3)12/h4-5H,6,12H2,1-3H3. The van der Waals surface area contributed by atoms with Crippen LogP contribution >= 0.6 is 0 Å². The molecule has 0 atom stereocenters. The maximum absolute atomic E-state index is 6.10. The first-order chi connectivity index (χ1) is 6.50. The van der Waals surface area contributed by atoms with Crippen molar-refractivity contribution in [2.45, 2.75) is 26.3 Å². The first-order valence-electron chi connectivity index (χ1n) is 4.68. The summed E-state index contributed by atoms with van der Waals surface area (Å²) in [6.45, 7) is 6.27. The highest BCUT2D eigenvalue weighted by molar-refractivity contribution is 5.54. The van der Waals surface area contributed by atoms with Gasteiger partial charge in [0.2, 0.25) is 6.79 Å². The maximum atomic E-state index is 6.10. The van der Waals surface area contributed by atoms with E-state index in [1.54, 1.807) is 0 Å². The van der Waals surface area contributed by atoms with E-state index in [0.717, 1.165) is 22.6 Å². The van der Waals surface area contributed by atoms with E-state index in [9.17, 15) is 0 Å². The zero-order valence-electron chi connectivity index (χ0n) is 8.76. The Morgan fingerprint density at radius 3 is 2.64 bits per heavy atom. The highest BCUT2D eigenvalue weighted by atomic mass is 16.7. The lowest BCUT2D eigenvalue weighted by Gasteiger charge is -2.23. The normalized spacial score (nSPS) is 14.6. The predicted octanol–water partition coefficient (Wildman–Crippen LogP) is 1.92. The molecular weight excluding hydrogens is 178 g/mol. The van der Waals surface area contributed by atoms with Crippen molar-refractivity contribution in [2.75, 3.05) is 6.79 Å². The summed E-state index contributed by atoms with van der Waals surface area (Å²) in [4.78, 5) is 0. The van der Waals surface area contributed by atoms with Crippen molar-refractivity contribution in [3.63, 3.8) is 0 Å². The molecule has 0 saturated carbocycles. The third-order valence-corrected chi connectivity index (χ3v) is 2.39. The van der Waals surface area contributed by atoms with Crippen molar-refractivity contribution in [2.24, 2.45) is 5.73 Å². The second-order valence-electron chi connectivity index (χ2n) is 4.21. The van der Waals surface area contributed by atoms with E-state index in [-0.39, 0.29) is 0 Å². The van der Waals surface area contributed by atoms with E-state index in [1.807, 2.05) is 32.9 Å². The van der Waals surface area contributed by atoms with E-state index in [1.165, 1.54) is 0 Å². The first kappa shape index (κ1) is 9.34. The molecule has 0 fully saturated rings. The molecule has 0 amide bonds. The molecule has 0 radical (unpaired) electrons. The number of ether oxygens (including phenoxy) is 2. The van der Waals surface area contributed by atoms with Crippen LogP contribution in [0.2, 0.25) is 0 Å². The average Bonchev–Trinajstić information content (AvgIpc) is 2.48. The molecule has 3 heteroatoms. The Balaban J connectivity index is 2.63. The summed E-state index contributed by atoms with van der Waals surface area (Å²) in [6.07, 6.45) is 0. The number of hydrogen-bond donors (Lipinski definition) is 1. The smallest absolute Gasteiger partial charge is 0.231 e. The van der Waals surface area contributed by atoms with Gasteiger partial charge in [-0.2, -0.15) is 0 Å². The van der Waals surface area contributed by atoms with Crippen molar-refractivity contribution in [3.05, 3.63) is 23.3 Å². The van der Waals surface area contributed by atoms with Gasteiger partial charge in [-0.3, -0.25) is 0 Å². The van der Waals surface area contributed by atoms with Crippen LogP contribution in [0.3, 0.4) is 0 Å². The van der Waals surface area contributed by atoms with Crippen LogP contribution in [0.1, 0.15) is 25.0 Å². The van der Waals surface area contributed by atoms with Gasteiger partial charge >= 0.3 is 0 Å². The third-order valence-electron chi connectivity index (χ3n) is 2.39. The molecule has 1 aliphatic rings. The lowest BCUT2D eigenvalue weighted by Crippen LogP contribution is -2.30. The number of hydrogen-bond acceptors (Lipinski definition) is 3.